The Morgan fingerprint density at radius 2 is 1.05 bits per heavy atom. The number of ether oxygens (including phenoxy) is 2. The Kier molecular flexibility index (Phi) is 17.9. The summed E-state index contributed by atoms with van der Waals surface area (Å²) in [6, 6.07) is 11.7. The van der Waals surface area contributed by atoms with Crippen molar-refractivity contribution < 1.29 is 79.1 Å². The summed E-state index contributed by atoms with van der Waals surface area (Å²) in [7, 11) is 0. The molecule has 4 rings (SSSR count). The minimum atomic E-state index is -1.13. The van der Waals surface area contributed by atoms with Gasteiger partial charge >= 0.3 is 35.8 Å². The molecule has 0 saturated carbocycles. The van der Waals surface area contributed by atoms with Gasteiger partial charge in [-0.15, -0.1) is 0 Å². The van der Waals surface area contributed by atoms with Crippen molar-refractivity contribution in [2.75, 3.05) is 33.0 Å². The Labute approximate surface area is 249 Å². The minimum absolute atomic E-state index is 0.0186. The molecule has 16 heteroatoms. The van der Waals surface area contributed by atoms with E-state index in [-0.39, 0.29) is 17.7 Å². The summed E-state index contributed by atoms with van der Waals surface area (Å²) in [6.07, 6.45) is 1.61. The zero-order valence-electron chi connectivity index (χ0n) is 23.2. The molecule has 0 aromatic heterocycles. The highest BCUT2D eigenvalue weighted by Crippen LogP contribution is 2.18. The van der Waals surface area contributed by atoms with Gasteiger partial charge in [0, 0.05) is 12.2 Å². The first-order chi connectivity index (χ1) is 20.7. The number of benzene rings is 2. The molecule has 2 aromatic rings. The molecule has 1 atom stereocenters. The highest BCUT2D eigenvalue weighted by atomic mass is 16.6. The van der Waals surface area contributed by atoms with Crippen LogP contribution in [-0.2, 0) is 19.1 Å². The van der Waals surface area contributed by atoms with Crippen molar-refractivity contribution in [1.29, 1.82) is 0 Å². The molecule has 240 valence electrons. The first-order valence-electron chi connectivity index (χ1n) is 12.3. The molecule has 2 aliphatic heterocycles. The molecular weight excluding hydrogens is 592 g/mol. The van der Waals surface area contributed by atoms with Crippen molar-refractivity contribution in [2.45, 2.75) is 13.0 Å². The summed E-state index contributed by atoms with van der Waals surface area (Å²) in [6.45, 7) is -0.236. The van der Waals surface area contributed by atoms with E-state index in [0.717, 1.165) is 18.2 Å². The summed E-state index contributed by atoms with van der Waals surface area (Å²) in [4.78, 5) is 62.3. The number of rotatable bonds is 7. The first kappa shape index (κ1) is 39.2. The van der Waals surface area contributed by atoms with Crippen molar-refractivity contribution in [1.82, 2.24) is 0 Å². The van der Waals surface area contributed by atoms with Crippen LogP contribution in [0.4, 0.5) is 0 Å². The molecule has 0 amide bonds. The normalized spacial score (nSPS) is 13.2. The molecule has 0 bridgehead atoms. The molecule has 0 spiro atoms. The molecule has 16 nitrogen and oxygen atoms in total. The Morgan fingerprint density at radius 3 is 1.27 bits per heavy atom. The maximum Gasteiger partial charge on any atom is 0.346 e. The molecule has 2 aliphatic rings. The molecule has 2 aromatic carbocycles. The van der Waals surface area contributed by atoms with Crippen molar-refractivity contribution in [2.24, 2.45) is 5.41 Å². The number of aliphatic hydroxyl groups excluding tert-OH is 6. The van der Waals surface area contributed by atoms with Gasteiger partial charge in [-0.05, 0) is 37.3 Å². The van der Waals surface area contributed by atoms with Crippen LogP contribution in [0.3, 0.4) is 0 Å². The summed E-state index contributed by atoms with van der Waals surface area (Å²) >= 11 is 0. The lowest BCUT2D eigenvalue weighted by molar-refractivity contribution is -0.150. The van der Waals surface area contributed by atoms with Gasteiger partial charge < -0.3 is 50.3 Å². The lowest BCUT2D eigenvalue weighted by atomic mass is 9.93. The van der Waals surface area contributed by atoms with Crippen molar-refractivity contribution in [3.05, 3.63) is 82.9 Å². The number of carboxylic acids is 2. The molecule has 1 unspecified atom stereocenters. The fourth-order valence-corrected chi connectivity index (χ4v) is 2.42. The third kappa shape index (κ3) is 13.9. The van der Waals surface area contributed by atoms with E-state index >= 15 is 0 Å². The van der Waals surface area contributed by atoms with Crippen LogP contribution in [0.15, 0.2) is 60.7 Å². The van der Waals surface area contributed by atoms with E-state index in [2.05, 4.69) is 9.47 Å². The second kappa shape index (κ2) is 20.1. The topological polar surface area (TPSA) is 283 Å². The molecule has 2 heterocycles. The van der Waals surface area contributed by atoms with Crippen LogP contribution in [0.5, 0.6) is 0 Å². The summed E-state index contributed by atoms with van der Waals surface area (Å²) < 4.78 is 8.33. The van der Waals surface area contributed by atoms with Gasteiger partial charge in [0.15, 0.2) is 0 Å². The monoisotopic (exact) mass is 624 g/mol. The van der Waals surface area contributed by atoms with Crippen LogP contribution in [0.25, 0.3) is 0 Å². The van der Waals surface area contributed by atoms with E-state index in [1.807, 2.05) is 0 Å². The van der Waals surface area contributed by atoms with E-state index in [4.69, 9.17) is 40.9 Å². The summed E-state index contributed by atoms with van der Waals surface area (Å²) in [5.41, 5.74) is -0.431. The van der Waals surface area contributed by atoms with Crippen LogP contribution in [-0.4, -0.2) is 116 Å². The van der Waals surface area contributed by atoms with Gasteiger partial charge in [0.25, 0.3) is 0 Å². The Morgan fingerprint density at radius 1 is 0.682 bits per heavy atom. The molecular formula is C28H32O16. The number of hydrogen-bond acceptors (Lipinski definition) is 14. The highest BCUT2D eigenvalue weighted by molar-refractivity contribution is 6.14. The number of fused-ring (bicyclic) bond motifs is 1. The van der Waals surface area contributed by atoms with Crippen molar-refractivity contribution in [3.8, 4) is 0 Å². The number of carboxylic acid groups (broad SMARTS) is 2. The number of hydrogen-bond donors (Lipinski definition) is 8. The lowest BCUT2D eigenvalue weighted by Gasteiger charge is -2.23. The number of aromatic carboxylic acids is 2. The first-order valence-corrected chi connectivity index (χ1v) is 12.3. The maximum absolute atomic E-state index is 10.8. The number of aliphatic hydroxyl groups is 6. The average Bonchev–Trinajstić information content (AvgIpc) is 3.55. The van der Waals surface area contributed by atoms with Gasteiger partial charge in [0.05, 0.1) is 66.8 Å². The third-order valence-electron chi connectivity index (χ3n) is 5.07. The Bertz CT molecular complexity index is 1210. The van der Waals surface area contributed by atoms with Crippen LogP contribution < -0.4 is 0 Å². The predicted molar refractivity (Wildman–Crippen MR) is 146 cm³/mol. The van der Waals surface area contributed by atoms with E-state index in [1.165, 1.54) is 25.1 Å². The Balaban J connectivity index is 0.000000541. The Hall–Kier alpha value is -4.84. The molecule has 44 heavy (non-hydrogen) atoms. The van der Waals surface area contributed by atoms with E-state index in [1.54, 1.807) is 24.3 Å². The van der Waals surface area contributed by atoms with Gasteiger partial charge in [-0.1, -0.05) is 18.2 Å². The maximum atomic E-state index is 10.8. The van der Waals surface area contributed by atoms with Crippen molar-refractivity contribution in [3.63, 3.8) is 0 Å². The second-order valence-electron chi connectivity index (χ2n) is 8.65. The number of carbonyl (C=O) groups excluding carboxylic acids is 4. The zero-order chi connectivity index (χ0) is 33.9. The summed E-state index contributed by atoms with van der Waals surface area (Å²) in [5, 5.41) is 67.0. The van der Waals surface area contributed by atoms with E-state index < -0.39 is 73.8 Å². The molecule has 0 aliphatic carbocycles. The van der Waals surface area contributed by atoms with Crippen LogP contribution in [0.1, 0.15) is 48.4 Å². The minimum Gasteiger partial charge on any atom is -0.478 e. The molecule has 0 radical (unpaired) electrons. The smallest absolute Gasteiger partial charge is 0.346 e. The standard InChI is InChI=1S/C8H6O4.C8H4O3.C5H12O4.C4H2O3.C3H8O2/c9-7(10)5-2-1-3-6(4-5)8(11)12;9-7-5-3-1-2-4-6(5)8(10)11-7;6-1-5(2-7,3-8)4-9;5-3-1-2-4(6)7-3;1-3(5)2-4/h1-4H,(H,9,10)(H,11,12);1-4H;6-9H,1-4H2;1-2H;3-5H,2H2,1H3. The molecule has 0 saturated heterocycles. The second-order valence-corrected chi connectivity index (χ2v) is 8.65. The molecule has 0 fully saturated rings. The number of cyclic esters (lactones) is 4. The van der Waals surface area contributed by atoms with Crippen LogP contribution >= 0.6 is 0 Å². The zero-order valence-corrected chi connectivity index (χ0v) is 23.2. The quantitative estimate of drug-likeness (QED) is 0.135. The van der Waals surface area contributed by atoms with Crippen LogP contribution in [0.2, 0.25) is 0 Å². The highest BCUT2D eigenvalue weighted by Gasteiger charge is 2.28. The number of esters is 4. The van der Waals surface area contributed by atoms with Gasteiger partial charge in [-0.3, -0.25) is 0 Å². The number of carbonyl (C=O) groups is 6. The van der Waals surface area contributed by atoms with Gasteiger partial charge in [0.1, 0.15) is 0 Å². The fraction of sp³-hybridized carbons (Fsp3) is 0.286. The lowest BCUT2D eigenvalue weighted by Crippen LogP contribution is -2.37. The largest absolute Gasteiger partial charge is 0.478 e. The SMILES string of the molecule is CC(O)CO.O=C(O)c1cccc(C(=O)O)c1.O=C1C=CC(=O)O1.O=C1OC(=O)c2ccccc21.OCC(CO)(CO)CO. The third-order valence-corrected chi connectivity index (χ3v) is 5.07. The molecule has 8 N–H and O–H groups in total. The van der Waals surface area contributed by atoms with Crippen LogP contribution in [0, 0.1) is 5.41 Å². The van der Waals surface area contributed by atoms with Gasteiger partial charge in [0.2, 0.25) is 0 Å². The predicted octanol–water partition coefficient (Wildman–Crippen LogP) is -0.992. The van der Waals surface area contributed by atoms with Gasteiger partial charge in [-0.25, -0.2) is 28.8 Å². The van der Waals surface area contributed by atoms with E-state index in [0.29, 0.717) is 11.1 Å². The fourth-order valence-electron chi connectivity index (χ4n) is 2.42. The van der Waals surface area contributed by atoms with Crippen molar-refractivity contribution >= 4 is 35.8 Å². The van der Waals surface area contributed by atoms with E-state index in [9.17, 15) is 28.8 Å². The summed E-state index contributed by atoms with van der Waals surface area (Å²) in [5.74, 6) is -4.51. The van der Waals surface area contributed by atoms with Gasteiger partial charge in [-0.2, -0.15) is 0 Å². The average molecular weight is 625 g/mol.